The number of nitrogens with one attached hydrogen (secondary N) is 2. The summed E-state index contributed by atoms with van der Waals surface area (Å²) in [6.07, 6.45) is 0.799. The van der Waals surface area contributed by atoms with Crippen molar-refractivity contribution in [1.29, 1.82) is 0 Å². The van der Waals surface area contributed by atoms with Crippen molar-refractivity contribution in [3.8, 4) is 0 Å². The SMILES string of the molecule is NCCc1cc(Nc2ccc(Cl)cc2)cc2c1[nH]c1ccc(Cl)cc12. The molecule has 0 unspecified atom stereocenters. The molecule has 25 heavy (non-hydrogen) atoms. The number of nitrogens with two attached hydrogens (primary N) is 1. The Hall–Kier alpha value is -2.20. The summed E-state index contributed by atoms with van der Waals surface area (Å²) in [7, 11) is 0. The highest BCUT2D eigenvalue weighted by atomic mass is 35.5. The molecule has 0 bridgehead atoms. The van der Waals surface area contributed by atoms with Crippen LogP contribution in [0, 0.1) is 0 Å². The lowest BCUT2D eigenvalue weighted by molar-refractivity contribution is 0.975. The number of fused-ring (bicyclic) bond motifs is 3. The smallest absolute Gasteiger partial charge is 0.0499 e. The van der Waals surface area contributed by atoms with Crippen LogP contribution in [0.25, 0.3) is 21.8 Å². The molecule has 0 saturated carbocycles. The molecule has 3 nitrogen and oxygen atoms in total. The normalized spacial score (nSPS) is 11.3. The number of aromatic amines is 1. The molecule has 0 aliphatic rings. The fourth-order valence-corrected chi connectivity index (χ4v) is 3.47. The Kier molecular flexibility index (Phi) is 4.30. The summed E-state index contributed by atoms with van der Waals surface area (Å²) in [6, 6.07) is 17.8. The Morgan fingerprint density at radius 2 is 1.60 bits per heavy atom. The number of H-pyrrole nitrogens is 1. The first-order valence-electron chi connectivity index (χ1n) is 8.10. The van der Waals surface area contributed by atoms with E-state index in [4.69, 9.17) is 28.9 Å². The van der Waals surface area contributed by atoms with Gasteiger partial charge in [-0.05, 0) is 73.1 Å². The second-order valence-electron chi connectivity index (χ2n) is 6.04. The molecule has 1 heterocycles. The van der Waals surface area contributed by atoms with E-state index in [9.17, 15) is 0 Å². The molecule has 4 N–H and O–H groups in total. The van der Waals surface area contributed by atoms with Crippen molar-refractivity contribution >= 4 is 56.4 Å². The highest BCUT2D eigenvalue weighted by Gasteiger charge is 2.11. The van der Waals surface area contributed by atoms with Gasteiger partial charge in [-0.2, -0.15) is 0 Å². The van der Waals surface area contributed by atoms with Crippen molar-refractivity contribution in [3.05, 3.63) is 70.2 Å². The number of halogens is 2. The van der Waals surface area contributed by atoms with Gasteiger partial charge in [0.1, 0.15) is 0 Å². The molecule has 0 aliphatic carbocycles. The first-order chi connectivity index (χ1) is 12.1. The maximum atomic E-state index is 6.20. The third kappa shape index (κ3) is 3.19. The lowest BCUT2D eigenvalue weighted by atomic mass is 10.0. The summed E-state index contributed by atoms with van der Waals surface area (Å²) in [6.45, 7) is 0.593. The fourth-order valence-electron chi connectivity index (χ4n) is 3.17. The van der Waals surface area contributed by atoms with Gasteiger partial charge in [-0.15, -0.1) is 0 Å². The standard InChI is InChI=1S/C20H17Cl2N3/c21-13-1-4-15(5-2-13)24-16-9-12(7-8-23)20-18(11-16)17-10-14(22)3-6-19(17)25-20/h1-6,9-11,24-25H,7-8,23H2. The van der Waals surface area contributed by atoms with Crippen LogP contribution in [-0.4, -0.2) is 11.5 Å². The average Bonchev–Trinajstić information content (AvgIpc) is 2.96. The monoisotopic (exact) mass is 369 g/mol. The highest BCUT2D eigenvalue weighted by molar-refractivity contribution is 6.32. The minimum absolute atomic E-state index is 0.593. The fraction of sp³-hybridized carbons (Fsp3) is 0.100. The minimum atomic E-state index is 0.593. The second kappa shape index (κ2) is 6.60. The van der Waals surface area contributed by atoms with Crippen molar-refractivity contribution in [3.63, 3.8) is 0 Å². The first kappa shape index (κ1) is 16.3. The molecule has 4 aromatic rings. The first-order valence-corrected chi connectivity index (χ1v) is 8.86. The van der Waals surface area contributed by atoms with E-state index in [-0.39, 0.29) is 0 Å². The van der Waals surface area contributed by atoms with Gasteiger partial charge in [0.05, 0.1) is 0 Å². The number of hydrogen-bond donors (Lipinski definition) is 3. The van der Waals surface area contributed by atoms with E-state index < -0.39 is 0 Å². The predicted molar refractivity (Wildman–Crippen MR) is 108 cm³/mol. The lowest BCUT2D eigenvalue weighted by Crippen LogP contribution is -2.04. The average molecular weight is 370 g/mol. The van der Waals surface area contributed by atoms with Gasteiger partial charge in [-0.25, -0.2) is 0 Å². The summed E-state index contributed by atoms with van der Waals surface area (Å²) in [5.74, 6) is 0. The van der Waals surface area contributed by atoms with Crippen molar-refractivity contribution in [2.45, 2.75) is 6.42 Å². The molecular weight excluding hydrogens is 353 g/mol. The van der Waals surface area contributed by atoms with Gasteiger partial charge in [0, 0.05) is 43.2 Å². The van der Waals surface area contributed by atoms with E-state index in [1.807, 2.05) is 42.5 Å². The van der Waals surface area contributed by atoms with Gasteiger partial charge >= 0.3 is 0 Å². The van der Waals surface area contributed by atoms with Gasteiger partial charge in [0.15, 0.2) is 0 Å². The van der Waals surface area contributed by atoms with Crippen LogP contribution < -0.4 is 11.1 Å². The number of anilines is 2. The van der Waals surface area contributed by atoms with E-state index in [0.29, 0.717) is 6.54 Å². The Bertz CT molecular complexity index is 1050. The topological polar surface area (TPSA) is 53.8 Å². The van der Waals surface area contributed by atoms with E-state index in [2.05, 4.69) is 22.4 Å². The van der Waals surface area contributed by atoms with Gasteiger partial charge in [-0.1, -0.05) is 23.2 Å². The van der Waals surface area contributed by atoms with Crippen LogP contribution in [0.4, 0.5) is 11.4 Å². The van der Waals surface area contributed by atoms with E-state index in [0.717, 1.165) is 49.6 Å². The predicted octanol–water partition coefficient (Wildman–Crippen LogP) is 5.87. The van der Waals surface area contributed by atoms with Gasteiger partial charge in [0.2, 0.25) is 0 Å². The summed E-state index contributed by atoms with van der Waals surface area (Å²) < 4.78 is 0. The molecule has 0 radical (unpaired) electrons. The largest absolute Gasteiger partial charge is 0.355 e. The summed E-state index contributed by atoms with van der Waals surface area (Å²) in [5.41, 5.74) is 11.2. The zero-order valence-electron chi connectivity index (χ0n) is 13.4. The summed E-state index contributed by atoms with van der Waals surface area (Å²) >= 11 is 12.2. The molecule has 0 spiro atoms. The molecule has 4 rings (SSSR count). The second-order valence-corrected chi connectivity index (χ2v) is 6.92. The zero-order valence-corrected chi connectivity index (χ0v) is 15.0. The molecule has 0 aliphatic heterocycles. The van der Waals surface area contributed by atoms with Crippen LogP contribution in [0.5, 0.6) is 0 Å². The Morgan fingerprint density at radius 3 is 2.36 bits per heavy atom. The lowest BCUT2D eigenvalue weighted by Gasteiger charge is -2.10. The van der Waals surface area contributed by atoms with Gasteiger partial charge < -0.3 is 16.0 Å². The zero-order chi connectivity index (χ0) is 17.4. The van der Waals surface area contributed by atoms with E-state index >= 15 is 0 Å². The molecule has 5 heteroatoms. The van der Waals surface area contributed by atoms with Crippen LogP contribution in [0.2, 0.25) is 10.0 Å². The minimum Gasteiger partial charge on any atom is -0.355 e. The van der Waals surface area contributed by atoms with E-state index in [1.54, 1.807) is 0 Å². The van der Waals surface area contributed by atoms with Crippen molar-refractivity contribution in [1.82, 2.24) is 4.98 Å². The van der Waals surface area contributed by atoms with Crippen LogP contribution in [0.15, 0.2) is 54.6 Å². The number of benzene rings is 3. The van der Waals surface area contributed by atoms with Gasteiger partial charge in [-0.3, -0.25) is 0 Å². The van der Waals surface area contributed by atoms with E-state index in [1.165, 1.54) is 5.56 Å². The molecule has 0 atom stereocenters. The van der Waals surface area contributed by atoms with Crippen LogP contribution >= 0.6 is 23.2 Å². The summed E-state index contributed by atoms with van der Waals surface area (Å²) in [5, 5.41) is 7.14. The van der Waals surface area contributed by atoms with Crippen molar-refractivity contribution in [2.24, 2.45) is 5.73 Å². The van der Waals surface area contributed by atoms with Crippen LogP contribution in [0.1, 0.15) is 5.56 Å². The molecule has 0 amide bonds. The molecule has 0 saturated heterocycles. The third-order valence-corrected chi connectivity index (χ3v) is 4.79. The third-order valence-electron chi connectivity index (χ3n) is 4.30. The Labute approximate surface area is 155 Å². The highest BCUT2D eigenvalue weighted by Crippen LogP contribution is 2.33. The molecule has 0 fully saturated rings. The Balaban J connectivity index is 1.87. The maximum Gasteiger partial charge on any atom is 0.0499 e. The quantitative estimate of drug-likeness (QED) is 0.421. The number of hydrogen-bond acceptors (Lipinski definition) is 2. The van der Waals surface area contributed by atoms with Crippen molar-refractivity contribution < 1.29 is 0 Å². The van der Waals surface area contributed by atoms with Crippen LogP contribution in [0.3, 0.4) is 0 Å². The molecular formula is C20H17Cl2N3. The van der Waals surface area contributed by atoms with Crippen LogP contribution in [-0.2, 0) is 6.42 Å². The molecule has 1 aromatic heterocycles. The number of rotatable bonds is 4. The van der Waals surface area contributed by atoms with Crippen molar-refractivity contribution in [2.75, 3.05) is 11.9 Å². The Morgan fingerprint density at radius 1 is 0.840 bits per heavy atom. The number of aromatic nitrogens is 1. The maximum absolute atomic E-state index is 6.20. The molecule has 3 aromatic carbocycles. The summed E-state index contributed by atoms with van der Waals surface area (Å²) in [4.78, 5) is 3.50. The van der Waals surface area contributed by atoms with Gasteiger partial charge in [0.25, 0.3) is 0 Å². The molecule has 126 valence electrons.